The van der Waals surface area contributed by atoms with Crippen LogP contribution < -0.4 is 10.4 Å². The van der Waals surface area contributed by atoms with E-state index in [2.05, 4.69) is 0 Å². The van der Waals surface area contributed by atoms with E-state index in [4.69, 9.17) is 5.11 Å². The van der Waals surface area contributed by atoms with Gasteiger partial charge in [0.25, 0.3) is 5.91 Å². The zero-order valence-electron chi connectivity index (χ0n) is 14.0. The number of carboxylic acid groups (broad SMARTS) is 1. The number of carbonyl (C=O) groups is 3. The van der Waals surface area contributed by atoms with E-state index in [1.807, 2.05) is 0 Å². The van der Waals surface area contributed by atoms with Crippen molar-refractivity contribution in [1.82, 2.24) is 9.58 Å². The van der Waals surface area contributed by atoms with Crippen LogP contribution in [0.1, 0.15) is 33.3 Å². The topological polar surface area (TPSA) is 120 Å². The Morgan fingerprint density at radius 1 is 1.19 bits per heavy atom. The van der Waals surface area contributed by atoms with Crippen molar-refractivity contribution in [1.29, 1.82) is 0 Å². The predicted octanol–water partition coefficient (Wildman–Crippen LogP) is 0.489. The standard InChI is InChI=1S/C17H14FN3O6/c1-9(22)21-8-19(6-10-2-4-11(18)5-3-10)16(25)13-15(24)14(23)12(17(26)27)7-20(13)21/h2-5,7,24H,6,8H2,1H3,(H,26,27). The molecule has 2 heterocycles. The third kappa shape index (κ3) is 3.12. The Hall–Kier alpha value is -3.69. The van der Waals surface area contributed by atoms with Crippen LogP contribution in [0, 0.1) is 5.82 Å². The van der Waals surface area contributed by atoms with Gasteiger partial charge in [0.05, 0.1) is 0 Å². The molecule has 9 nitrogen and oxygen atoms in total. The van der Waals surface area contributed by atoms with Crippen molar-refractivity contribution in [3.63, 3.8) is 0 Å². The van der Waals surface area contributed by atoms with Gasteiger partial charge in [-0.1, -0.05) is 12.1 Å². The molecule has 1 aliphatic heterocycles. The van der Waals surface area contributed by atoms with Gasteiger partial charge < -0.3 is 15.1 Å². The summed E-state index contributed by atoms with van der Waals surface area (Å²) < 4.78 is 13.9. The van der Waals surface area contributed by atoms with Crippen LogP contribution in [0.3, 0.4) is 0 Å². The molecule has 0 saturated carbocycles. The minimum Gasteiger partial charge on any atom is -0.502 e. The van der Waals surface area contributed by atoms with Crippen LogP contribution in [0.25, 0.3) is 0 Å². The average molecular weight is 375 g/mol. The lowest BCUT2D eigenvalue weighted by atomic mass is 10.1. The number of benzene rings is 1. The average Bonchev–Trinajstić information content (AvgIpc) is 2.61. The van der Waals surface area contributed by atoms with Gasteiger partial charge in [0.1, 0.15) is 18.0 Å². The molecule has 140 valence electrons. The number of hydrogen-bond acceptors (Lipinski definition) is 5. The highest BCUT2D eigenvalue weighted by Crippen LogP contribution is 2.23. The molecule has 27 heavy (non-hydrogen) atoms. The van der Waals surface area contributed by atoms with Gasteiger partial charge in [0.15, 0.2) is 11.4 Å². The third-order valence-corrected chi connectivity index (χ3v) is 4.10. The molecule has 3 rings (SSSR count). The molecule has 0 saturated heterocycles. The van der Waals surface area contributed by atoms with E-state index in [1.54, 1.807) is 0 Å². The van der Waals surface area contributed by atoms with Gasteiger partial charge >= 0.3 is 5.97 Å². The number of halogens is 1. The lowest BCUT2D eigenvalue weighted by Gasteiger charge is -2.37. The number of aromatic hydroxyl groups is 1. The summed E-state index contributed by atoms with van der Waals surface area (Å²) in [5, 5.41) is 20.2. The molecule has 0 fully saturated rings. The van der Waals surface area contributed by atoms with E-state index < -0.39 is 46.0 Å². The smallest absolute Gasteiger partial charge is 0.341 e. The highest BCUT2D eigenvalue weighted by Gasteiger charge is 2.35. The third-order valence-electron chi connectivity index (χ3n) is 4.10. The first-order valence-electron chi connectivity index (χ1n) is 7.74. The number of nitrogens with zero attached hydrogens (tertiary/aromatic N) is 3. The largest absolute Gasteiger partial charge is 0.502 e. The van der Waals surface area contributed by atoms with Crippen LogP contribution in [-0.4, -0.2) is 44.2 Å². The SMILES string of the molecule is CC(=O)N1CN(Cc2ccc(F)cc2)C(=O)c2c(O)c(=O)c(C(=O)O)cn21. The van der Waals surface area contributed by atoms with Gasteiger partial charge in [-0.3, -0.25) is 14.4 Å². The molecular weight excluding hydrogens is 361 g/mol. The summed E-state index contributed by atoms with van der Waals surface area (Å²) in [4.78, 5) is 49.2. The number of aromatic nitrogens is 1. The Morgan fingerprint density at radius 3 is 2.37 bits per heavy atom. The summed E-state index contributed by atoms with van der Waals surface area (Å²) in [7, 11) is 0. The maximum absolute atomic E-state index is 13.1. The van der Waals surface area contributed by atoms with Crippen molar-refractivity contribution in [2.75, 3.05) is 11.7 Å². The Bertz CT molecular complexity index is 1010. The number of hydrogen-bond donors (Lipinski definition) is 2. The molecule has 1 aromatic carbocycles. The molecule has 0 bridgehead atoms. The second kappa shape index (κ2) is 6.56. The van der Waals surface area contributed by atoms with E-state index in [9.17, 15) is 28.7 Å². The summed E-state index contributed by atoms with van der Waals surface area (Å²) in [6, 6.07) is 5.33. The maximum atomic E-state index is 13.1. The highest BCUT2D eigenvalue weighted by molar-refractivity contribution is 6.00. The van der Waals surface area contributed by atoms with Gasteiger partial charge in [-0.25, -0.2) is 18.9 Å². The van der Waals surface area contributed by atoms with Crippen molar-refractivity contribution in [2.24, 2.45) is 0 Å². The van der Waals surface area contributed by atoms with Gasteiger partial charge in [-0.15, -0.1) is 0 Å². The number of fused-ring (bicyclic) bond motifs is 1. The monoisotopic (exact) mass is 375 g/mol. The number of rotatable bonds is 3. The van der Waals surface area contributed by atoms with Gasteiger partial charge in [-0.05, 0) is 17.7 Å². The summed E-state index contributed by atoms with van der Waals surface area (Å²) in [5.41, 5.74) is -1.96. The Balaban J connectivity index is 2.10. The fourth-order valence-corrected chi connectivity index (χ4v) is 2.76. The van der Waals surface area contributed by atoms with Crippen molar-refractivity contribution in [3.05, 3.63) is 63.3 Å². The lowest BCUT2D eigenvalue weighted by molar-refractivity contribution is -0.118. The fourth-order valence-electron chi connectivity index (χ4n) is 2.76. The number of pyridine rings is 1. The maximum Gasteiger partial charge on any atom is 0.341 e. The van der Waals surface area contributed by atoms with Crippen LogP contribution in [0.4, 0.5) is 4.39 Å². The Morgan fingerprint density at radius 2 is 1.81 bits per heavy atom. The molecular formula is C17H14FN3O6. The molecule has 0 radical (unpaired) electrons. The van der Waals surface area contributed by atoms with Gasteiger partial charge in [0, 0.05) is 19.7 Å². The molecule has 2 amide bonds. The van der Waals surface area contributed by atoms with Crippen molar-refractivity contribution < 1.29 is 29.0 Å². The Kier molecular flexibility index (Phi) is 4.40. The lowest BCUT2D eigenvalue weighted by Crippen LogP contribution is -2.55. The van der Waals surface area contributed by atoms with E-state index in [0.717, 1.165) is 15.9 Å². The minimum absolute atomic E-state index is 0.0167. The van der Waals surface area contributed by atoms with Crippen LogP contribution in [0.2, 0.25) is 0 Å². The molecule has 10 heteroatoms. The second-order valence-corrected chi connectivity index (χ2v) is 5.91. The van der Waals surface area contributed by atoms with Crippen molar-refractivity contribution >= 4 is 17.8 Å². The van der Waals surface area contributed by atoms with Crippen molar-refractivity contribution in [2.45, 2.75) is 13.5 Å². The van der Waals surface area contributed by atoms with E-state index in [0.29, 0.717) is 5.56 Å². The normalized spacial score (nSPS) is 13.5. The number of amides is 2. The quantitative estimate of drug-likeness (QED) is 0.806. The first kappa shape index (κ1) is 18.1. The van der Waals surface area contributed by atoms with E-state index in [1.165, 1.54) is 36.1 Å². The molecule has 2 aromatic rings. The van der Waals surface area contributed by atoms with Gasteiger partial charge in [-0.2, -0.15) is 0 Å². The predicted molar refractivity (Wildman–Crippen MR) is 89.4 cm³/mol. The highest BCUT2D eigenvalue weighted by atomic mass is 19.1. The van der Waals surface area contributed by atoms with E-state index in [-0.39, 0.29) is 13.2 Å². The van der Waals surface area contributed by atoms with Crippen LogP contribution >= 0.6 is 0 Å². The molecule has 1 aromatic heterocycles. The van der Waals surface area contributed by atoms with Crippen LogP contribution in [-0.2, 0) is 11.3 Å². The Labute approximate surface area is 151 Å². The van der Waals surface area contributed by atoms with Crippen LogP contribution in [0.5, 0.6) is 5.75 Å². The summed E-state index contributed by atoms with van der Waals surface area (Å²) in [5.74, 6) is -4.44. The fraction of sp³-hybridized carbons (Fsp3) is 0.176. The zero-order chi connectivity index (χ0) is 19.9. The first-order valence-corrected chi connectivity index (χ1v) is 7.74. The minimum atomic E-state index is -1.60. The van der Waals surface area contributed by atoms with Gasteiger partial charge in [0.2, 0.25) is 11.3 Å². The zero-order valence-corrected chi connectivity index (χ0v) is 14.0. The number of carboxylic acids is 1. The molecule has 0 unspecified atom stereocenters. The molecule has 0 atom stereocenters. The molecule has 1 aliphatic rings. The number of aromatic carboxylic acids is 1. The summed E-state index contributed by atoms with van der Waals surface area (Å²) in [6.07, 6.45) is 0.828. The number of carbonyl (C=O) groups excluding carboxylic acids is 2. The molecule has 0 spiro atoms. The molecule has 2 N–H and O–H groups in total. The first-order chi connectivity index (χ1) is 12.7. The summed E-state index contributed by atoms with van der Waals surface area (Å²) in [6.45, 7) is 0.919. The van der Waals surface area contributed by atoms with Crippen molar-refractivity contribution in [3.8, 4) is 5.75 Å². The van der Waals surface area contributed by atoms with Crippen LogP contribution in [0.15, 0.2) is 35.3 Å². The van der Waals surface area contributed by atoms with E-state index >= 15 is 0 Å². The second-order valence-electron chi connectivity index (χ2n) is 5.91. The molecule has 0 aliphatic carbocycles. The summed E-state index contributed by atoms with van der Waals surface area (Å²) >= 11 is 0.